The average molecular weight is 154 g/mol. The molecule has 0 radical (unpaired) electrons. The third kappa shape index (κ3) is 3.60. The summed E-state index contributed by atoms with van der Waals surface area (Å²) in [4.78, 5) is 0. The molecule has 0 aliphatic carbocycles. The third-order valence-corrected chi connectivity index (χ3v) is 2.71. The van der Waals surface area contributed by atoms with E-state index in [0.717, 1.165) is 5.92 Å². The highest BCUT2D eigenvalue weighted by molar-refractivity contribution is 4.99. The van der Waals surface area contributed by atoms with E-state index >= 15 is 0 Å². The fraction of sp³-hybridized carbons (Fsp3) is 0.818. The molecule has 0 bridgehead atoms. The standard InChI is InChI=1S/C11H22/c1-6-8-10(4)11(5)9(3)7-2/h9,11H,4,6-8H2,1-3,5H3. The van der Waals surface area contributed by atoms with Crippen molar-refractivity contribution in [3.63, 3.8) is 0 Å². The monoisotopic (exact) mass is 154 g/mol. The molecule has 0 heteroatoms. The summed E-state index contributed by atoms with van der Waals surface area (Å²) in [6, 6.07) is 0. The van der Waals surface area contributed by atoms with Gasteiger partial charge in [-0.15, -0.1) is 0 Å². The quantitative estimate of drug-likeness (QED) is 0.524. The van der Waals surface area contributed by atoms with Crippen LogP contribution in [0.5, 0.6) is 0 Å². The van der Waals surface area contributed by atoms with Crippen LogP contribution < -0.4 is 0 Å². The summed E-state index contributed by atoms with van der Waals surface area (Å²) in [7, 11) is 0. The summed E-state index contributed by atoms with van der Waals surface area (Å²) >= 11 is 0. The minimum absolute atomic E-state index is 0.708. The van der Waals surface area contributed by atoms with Gasteiger partial charge in [-0.2, -0.15) is 0 Å². The van der Waals surface area contributed by atoms with Gasteiger partial charge in [-0.05, 0) is 18.3 Å². The molecule has 0 rings (SSSR count). The minimum Gasteiger partial charge on any atom is -0.0996 e. The highest BCUT2D eigenvalue weighted by Gasteiger charge is 2.12. The summed E-state index contributed by atoms with van der Waals surface area (Å²) < 4.78 is 0. The Morgan fingerprint density at radius 1 is 1.27 bits per heavy atom. The zero-order valence-electron chi connectivity index (χ0n) is 8.48. The maximum absolute atomic E-state index is 4.11. The van der Waals surface area contributed by atoms with Crippen molar-refractivity contribution in [1.82, 2.24) is 0 Å². The molecule has 0 spiro atoms. The van der Waals surface area contributed by atoms with Gasteiger partial charge in [-0.1, -0.05) is 52.7 Å². The van der Waals surface area contributed by atoms with Crippen molar-refractivity contribution in [2.75, 3.05) is 0 Å². The van der Waals surface area contributed by atoms with Gasteiger partial charge in [0.25, 0.3) is 0 Å². The van der Waals surface area contributed by atoms with Gasteiger partial charge < -0.3 is 0 Å². The van der Waals surface area contributed by atoms with Crippen molar-refractivity contribution in [2.24, 2.45) is 11.8 Å². The fourth-order valence-electron chi connectivity index (χ4n) is 1.30. The highest BCUT2D eigenvalue weighted by atomic mass is 14.2. The van der Waals surface area contributed by atoms with E-state index in [9.17, 15) is 0 Å². The van der Waals surface area contributed by atoms with Crippen LogP contribution in [0, 0.1) is 11.8 Å². The van der Waals surface area contributed by atoms with Gasteiger partial charge in [0.05, 0.1) is 0 Å². The minimum atomic E-state index is 0.708. The Hall–Kier alpha value is -0.260. The van der Waals surface area contributed by atoms with Crippen LogP contribution in [-0.4, -0.2) is 0 Å². The molecule has 0 heterocycles. The number of allylic oxidation sites excluding steroid dienone is 1. The maximum atomic E-state index is 4.11. The molecule has 0 nitrogen and oxygen atoms in total. The summed E-state index contributed by atoms with van der Waals surface area (Å²) in [6.07, 6.45) is 3.70. The fourth-order valence-corrected chi connectivity index (χ4v) is 1.30. The highest BCUT2D eigenvalue weighted by Crippen LogP contribution is 2.24. The van der Waals surface area contributed by atoms with Gasteiger partial charge in [-0.25, -0.2) is 0 Å². The van der Waals surface area contributed by atoms with Gasteiger partial charge in [0.1, 0.15) is 0 Å². The lowest BCUT2D eigenvalue weighted by molar-refractivity contribution is 0.418. The molecule has 2 atom stereocenters. The Morgan fingerprint density at radius 2 is 1.82 bits per heavy atom. The van der Waals surface area contributed by atoms with Crippen LogP contribution in [0.15, 0.2) is 12.2 Å². The van der Waals surface area contributed by atoms with Crippen molar-refractivity contribution in [3.05, 3.63) is 12.2 Å². The zero-order valence-corrected chi connectivity index (χ0v) is 8.48. The van der Waals surface area contributed by atoms with E-state index in [-0.39, 0.29) is 0 Å². The molecule has 0 aromatic rings. The first-order chi connectivity index (χ1) is 5.13. The predicted molar refractivity (Wildman–Crippen MR) is 52.7 cm³/mol. The van der Waals surface area contributed by atoms with Gasteiger partial charge in [-0.3, -0.25) is 0 Å². The molecule has 0 aliphatic rings. The van der Waals surface area contributed by atoms with Crippen LogP contribution in [0.25, 0.3) is 0 Å². The van der Waals surface area contributed by atoms with Crippen LogP contribution >= 0.6 is 0 Å². The molecule has 0 fully saturated rings. The predicted octanol–water partition coefficient (Wildman–Crippen LogP) is 4.02. The normalized spacial score (nSPS) is 16.0. The maximum Gasteiger partial charge on any atom is -0.0209 e. The number of hydrogen-bond donors (Lipinski definition) is 0. The zero-order chi connectivity index (χ0) is 8.85. The van der Waals surface area contributed by atoms with E-state index in [1.54, 1.807) is 0 Å². The van der Waals surface area contributed by atoms with Gasteiger partial charge in [0, 0.05) is 0 Å². The van der Waals surface area contributed by atoms with E-state index in [2.05, 4.69) is 34.3 Å². The Balaban J connectivity index is 3.80. The Morgan fingerprint density at radius 3 is 2.18 bits per heavy atom. The smallest absolute Gasteiger partial charge is 0.0209 e. The van der Waals surface area contributed by atoms with Crippen LogP contribution in [-0.2, 0) is 0 Å². The van der Waals surface area contributed by atoms with Crippen molar-refractivity contribution < 1.29 is 0 Å². The Bertz CT molecular complexity index is 113. The molecule has 2 unspecified atom stereocenters. The molecule has 0 aromatic heterocycles. The van der Waals surface area contributed by atoms with E-state index in [0.29, 0.717) is 5.92 Å². The van der Waals surface area contributed by atoms with Crippen molar-refractivity contribution >= 4 is 0 Å². The number of hydrogen-bond acceptors (Lipinski definition) is 0. The van der Waals surface area contributed by atoms with Crippen LogP contribution in [0.1, 0.15) is 47.0 Å². The first kappa shape index (κ1) is 10.7. The summed E-state index contributed by atoms with van der Waals surface area (Å²) in [5, 5.41) is 0. The Kier molecular flexibility index (Phi) is 5.27. The summed E-state index contributed by atoms with van der Waals surface area (Å²) in [5.74, 6) is 1.51. The van der Waals surface area contributed by atoms with Gasteiger partial charge in [0.2, 0.25) is 0 Å². The van der Waals surface area contributed by atoms with Crippen LogP contribution in [0.3, 0.4) is 0 Å². The summed E-state index contributed by atoms with van der Waals surface area (Å²) in [5.41, 5.74) is 1.43. The second-order valence-electron chi connectivity index (χ2n) is 3.58. The molecule has 11 heavy (non-hydrogen) atoms. The molecule has 0 N–H and O–H groups in total. The molecule has 66 valence electrons. The lowest BCUT2D eigenvalue weighted by Gasteiger charge is -2.20. The van der Waals surface area contributed by atoms with Crippen LogP contribution in [0.2, 0.25) is 0 Å². The molecule has 0 aliphatic heterocycles. The van der Waals surface area contributed by atoms with E-state index in [4.69, 9.17) is 0 Å². The molecular formula is C11H22. The van der Waals surface area contributed by atoms with Gasteiger partial charge >= 0.3 is 0 Å². The topological polar surface area (TPSA) is 0 Å². The molecule has 0 saturated heterocycles. The molecule has 0 aromatic carbocycles. The van der Waals surface area contributed by atoms with E-state index < -0.39 is 0 Å². The lowest BCUT2D eigenvalue weighted by atomic mass is 9.86. The van der Waals surface area contributed by atoms with Gasteiger partial charge in [0.15, 0.2) is 0 Å². The third-order valence-electron chi connectivity index (χ3n) is 2.71. The molecular weight excluding hydrogens is 132 g/mol. The molecule has 0 amide bonds. The van der Waals surface area contributed by atoms with Crippen molar-refractivity contribution in [2.45, 2.75) is 47.0 Å². The average Bonchev–Trinajstić information content (AvgIpc) is 2.02. The Labute approximate surface area is 71.7 Å². The largest absolute Gasteiger partial charge is 0.0996 e. The number of rotatable bonds is 5. The summed E-state index contributed by atoms with van der Waals surface area (Å²) in [6.45, 7) is 13.2. The van der Waals surface area contributed by atoms with Crippen LogP contribution in [0.4, 0.5) is 0 Å². The first-order valence-corrected chi connectivity index (χ1v) is 4.81. The second kappa shape index (κ2) is 5.40. The van der Waals surface area contributed by atoms with E-state index in [1.165, 1.54) is 24.8 Å². The SMILES string of the molecule is C=C(CCC)C(C)C(C)CC. The van der Waals surface area contributed by atoms with Crippen molar-refractivity contribution in [1.29, 1.82) is 0 Å². The second-order valence-corrected chi connectivity index (χ2v) is 3.58. The molecule has 0 saturated carbocycles. The first-order valence-electron chi connectivity index (χ1n) is 4.81. The lowest BCUT2D eigenvalue weighted by Crippen LogP contribution is -2.08. The van der Waals surface area contributed by atoms with Crippen molar-refractivity contribution in [3.8, 4) is 0 Å². The van der Waals surface area contributed by atoms with E-state index in [1.807, 2.05) is 0 Å².